The van der Waals surface area contributed by atoms with Crippen molar-refractivity contribution >= 4 is 11.8 Å². The molecule has 1 saturated heterocycles. The van der Waals surface area contributed by atoms with Gasteiger partial charge >= 0.3 is 0 Å². The Morgan fingerprint density at radius 2 is 1.68 bits per heavy atom. The zero-order valence-electron chi connectivity index (χ0n) is 16.0. The summed E-state index contributed by atoms with van der Waals surface area (Å²) < 4.78 is 47.4. The Hall–Kier alpha value is -2.37. The van der Waals surface area contributed by atoms with Gasteiger partial charge in [0.25, 0.3) is 0 Å². The van der Waals surface area contributed by atoms with Crippen molar-refractivity contribution in [3.8, 4) is 11.1 Å². The summed E-state index contributed by atoms with van der Waals surface area (Å²) >= 11 is 1.22. The van der Waals surface area contributed by atoms with E-state index in [9.17, 15) is 28.5 Å². The molecule has 6 nitrogen and oxygen atoms in total. The Morgan fingerprint density at radius 1 is 1.00 bits per heavy atom. The molecule has 3 N–H and O–H groups in total. The van der Waals surface area contributed by atoms with E-state index in [1.807, 2.05) is 30.3 Å². The van der Waals surface area contributed by atoms with Gasteiger partial charge in [-0.05, 0) is 29.8 Å². The number of hydrogen-bond acceptors (Lipinski definition) is 6. The lowest BCUT2D eigenvalue weighted by atomic mass is 9.97. The fraction of sp³-hybridized carbons (Fsp3) is 0.286. The molecule has 0 spiro atoms. The van der Waals surface area contributed by atoms with Gasteiger partial charge in [0.15, 0.2) is 17.5 Å². The van der Waals surface area contributed by atoms with Gasteiger partial charge in [0.2, 0.25) is 0 Å². The lowest BCUT2D eigenvalue weighted by Gasteiger charge is -2.42. The van der Waals surface area contributed by atoms with Crippen LogP contribution in [0.4, 0.5) is 13.2 Å². The summed E-state index contributed by atoms with van der Waals surface area (Å²) in [7, 11) is 0. The molecule has 1 aliphatic heterocycles. The lowest BCUT2D eigenvalue weighted by Crippen LogP contribution is -2.54. The number of aromatic nitrogens is 2. The average molecular weight is 452 g/mol. The number of aliphatic hydroxyl groups excluding tert-OH is 3. The first-order valence-electron chi connectivity index (χ1n) is 9.42. The summed E-state index contributed by atoms with van der Waals surface area (Å²) in [4.78, 5) is 0.816. The molecule has 3 aromatic rings. The molecule has 2 heterocycles. The number of halogens is 3. The molecule has 1 aliphatic rings. The molecule has 0 bridgehead atoms. The average Bonchev–Trinajstić information content (AvgIpc) is 3.24. The van der Waals surface area contributed by atoms with Crippen molar-refractivity contribution < 1.29 is 33.2 Å². The molecule has 0 aliphatic carbocycles. The van der Waals surface area contributed by atoms with Gasteiger partial charge in [0.05, 0.1) is 12.8 Å². The summed E-state index contributed by atoms with van der Waals surface area (Å²) in [5.41, 5.74) is -0.509. The molecule has 5 atom stereocenters. The van der Waals surface area contributed by atoms with Crippen molar-refractivity contribution in [2.45, 2.75) is 34.7 Å². The van der Waals surface area contributed by atoms with Crippen molar-refractivity contribution in [2.75, 3.05) is 6.61 Å². The number of thioether (sulfide) groups is 1. The number of hydrogen-bond donors (Lipinski definition) is 3. The van der Waals surface area contributed by atoms with E-state index >= 15 is 0 Å². The Labute approximate surface area is 179 Å². The number of aliphatic hydroxyl groups is 3. The third kappa shape index (κ3) is 4.35. The Balaban J connectivity index is 1.64. The van der Waals surface area contributed by atoms with Crippen molar-refractivity contribution in [1.29, 1.82) is 0 Å². The van der Waals surface area contributed by atoms with Crippen LogP contribution in [-0.4, -0.2) is 55.5 Å². The standard InChI is InChI=1S/C21H19F3N2O4S/c22-14-6-11(7-15(23)17(14)24)12-8-25-26(9-12)18-19(28)16(10-27)30-21(20(18)29)31-13-4-2-1-3-5-13/h1-9,16,18-21,27-29H,10H2/t16-,18+,19+,20-,21+/m1/s1. The molecule has 2 aromatic carbocycles. The SMILES string of the molecule is OC[C@H]1O[C@@H](Sc2ccccc2)[C@H](O)[C@@H](n2cc(-c3cc(F)c(F)c(F)c3)cn2)[C@H]1O. The third-order valence-electron chi connectivity index (χ3n) is 5.07. The van der Waals surface area contributed by atoms with E-state index in [1.165, 1.54) is 28.8 Å². The van der Waals surface area contributed by atoms with E-state index < -0.39 is 53.8 Å². The van der Waals surface area contributed by atoms with Crippen LogP contribution >= 0.6 is 11.8 Å². The largest absolute Gasteiger partial charge is 0.394 e. The Morgan fingerprint density at radius 3 is 2.32 bits per heavy atom. The second kappa shape index (κ2) is 9.01. The zero-order chi connectivity index (χ0) is 22.1. The van der Waals surface area contributed by atoms with Crippen molar-refractivity contribution in [3.63, 3.8) is 0 Å². The van der Waals surface area contributed by atoms with Gasteiger partial charge in [-0.1, -0.05) is 30.0 Å². The van der Waals surface area contributed by atoms with Gasteiger partial charge in [0, 0.05) is 16.7 Å². The normalized spacial score (nSPS) is 26.2. The van der Waals surface area contributed by atoms with E-state index in [1.54, 1.807) is 0 Å². The van der Waals surface area contributed by atoms with Crippen LogP contribution in [-0.2, 0) is 4.74 Å². The second-order valence-electron chi connectivity index (χ2n) is 7.09. The van der Waals surface area contributed by atoms with Gasteiger partial charge in [-0.3, -0.25) is 4.68 Å². The maximum atomic E-state index is 13.6. The highest BCUT2D eigenvalue weighted by atomic mass is 32.2. The topological polar surface area (TPSA) is 87.7 Å². The third-order valence-corrected chi connectivity index (χ3v) is 6.23. The smallest absolute Gasteiger partial charge is 0.194 e. The van der Waals surface area contributed by atoms with E-state index in [2.05, 4.69) is 5.10 Å². The predicted octanol–water partition coefficient (Wildman–Crippen LogP) is 2.74. The summed E-state index contributed by atoms with van der Waals surface area (Å²) in [5, 5.41) is 35.3. The van der Waals surface area contributed by atoms with E-state index in [0.717, 1.165) is 17.0 Å². The van der Waals surface area contributed by atoms with Crippen LogP contribution in [0, 0.1) is 17.5 Å². The summed E-state index contributed by atoms with van der Waals surface area (Å²) in [5.74, 6) is -4.25. The van der Waals surface area contributed by atoms with Gasteiger partial charge < -0.3 is 20.1 Å². The molecule has 4 rings (SSSR count). The first-order chi connectivity index (χ1) is 14.9. The van der Waals surface area contributed by atoms with Crippen LogP contribution in [0.2, 0.25) is 0 Å². The number of nitrogens with zero attached hydrogens (tertiary/aromatic N) is 2. The number of benzene rings is 2. The fourth-order valence-corrected chi connectivity index (χ4v) is 4.56. The molecule has 31 heavy (non-hydrogen) atoms. The quantitative estimate of drug-likeness (QED) is 0.516. The van der Waals surface area contributed by atoms with Gasteiger partial charge in [-0.15, -0.1) is 0 Å². The molecule has 0 radical (unpaired) electrons. The minimum Gasteiger partial charge on any atom is -0.394 e. The van der Waals surface area contributed by atoms with Crippen LogP contribution < -0.4 is 0 Å². The minimum absolute atomic E-state index is 0.0487. The molecule has 0 saturated carbocycles. The second-order valence-corrected chi connectivity index (χ2v) is 8.26. The Kier molecular flexibility index (Phi) is 6.35. The van der Waals surface area contributed by atoms with Crippen LogP contribution in [0.1, 0.15) is 6.04 Å². The van der Waals surface area contributed by atoms with Crippen LogP contribution in [0.25, 0.3) is 11.1 Å². The molecule has 1 aromatic heterocycles. The first-order valence-corrected chi connectivity index (χ1v) is 10.3. The lowest BCUT2D eigenvalue weighted by molar-refractivity contribution is -0.178. The summed E-state index contributed by atoms with van der Waals surface area (Å²) in [6.45, 7) is -0.487. The highest BCUT2D eigenvalue weighted by molar-refractivity contribution is 7.99. The van der Waals surface area contributed by atoms with E-state index in [-0.39, 0.29) is 11.1 Å². The zero-order valence-corrected chi connectivity index (χ0v) is 16.8. The molecular formula is C21H19F3N2O4S. The highest BCUT2D eigenvalue weighted by Gasteiger charge is 2.46. The van der Waals surface area contributed by atoms with E-state index in [4.69, 9.17) is 4.74 Å². The first kappa shape index (κ1) is 21.8. The van der Waals surface area contributed by atoms with Crippen molar-refractivity contribution in [2.24, 2.45) is 0 Å². The van der Waals surface area contributed by atoms with Crippen LogP contribution in [0.5, 0.6) is 0 Å². The molecular weight excluding hydrogens is 433 g/mol. The van der Waals surface area contributed by atoms with Crippen LogP contribution in [0.15, 0.2) is 59.8 Å². The molecule has 1 fully saturated rings. The minimum atomic E-state index is -1.57. The van der Waals surface area contributed by atoms with Crippen molar-refractivity contribution in [1.82, 2.24) is 9.78 Å². The van der Waals surface area contributed by atoms with Crippen molar-refractivity contribution in [3.05, 3.63) is 72.3 Å². The number of rotatable bonds is 5. The Bertz CT molecular complexity index is 1030. The molecule has 0 amide bonds. The van der Waals surface area contributed by atoms with E-state index in [0.29, 0.717) is 0 Å². The van der Waals surface area contributed by atoms with Crippen LogP contribution in [0.3, 0.4) is 0 Å². The predicted molar refractivity (Wildman–Crippen MR) is 107 cm³/mol. The summed E-state index contributed by atoms with van der Waals surface area (Å²) in [6, 6.07) is 9.83. The molecule has 10 heteroatoms. The van der Waals surface area contributed by atoms with Gasteiger partial charge in [-0.25, -0.2) is 13.2 Å². The maximum Gasteiger partial charge on any atom is 0.194 e. The molecule has 164 valence electrons. The van der Waals surface area contributed by atoms with Gasteiger partial charge in [0.1, 0.15) is 29.8 Å². The highest BCUT2D eigenvalue weighted by Crippen LogP contribution is 2.38. The number of ether oxygens (including phenoxy) is 1. The molecule has 0 unspecified atom stereocenters. The monoisotopic (exact) mass is 452 g/mol. The van der Waals surface area contributed by atoms with Gasteiger partial charge in [-0.2, -0.15) is 5.10 Å². The maximum absolute atomic E-state index is 13.6. The summed E-state index contributed by atoms with van der Waals surface area (Å²) in [6.07, 6.45) is -0.843. The fourth-order valence-electron chi connectivity index (χ4n) is 3.48.